The zero-order valence-corrected chi connectivity index (χ0v) is 53.0. The van der Waals surface area contributed by atoms with Gasteiger partial charge in [0.15, 0.2) is 6.10 Å². The lowest BCUT2D eigenvalue weighted by molar-refractivity contribution is -0.161. The number of carbonyl (C=O) groups is 2. The summed E-state index contributed by atoms with van der Waals surface area (Å²) in [5.74, 6) is -0.559. The lowest BCUT2D eigenvalue weighted by atomic mass is 10.0. The number of aliphatic hydroxyl groups excluding tert-OH is 1. The molecule has 0 aromatic heterocycles. The lowest BCUT2D eigenvalue weighted by Crippen LogP contribution is -2.28. The van der Waals surface area contributed by atoms with E-state index in [-0.39, 0.29) is 25.2 Å². The Morgan fingerprint density at radius 3 is 0.571 bits per heavy atom. The summed E-state index contributed by atoms with van der Waals surface area (Å²) in [6, 6.07) is 0. The van der Waals surface area contributed by atoms with Crippen molar-refractivity contribution in [2.75, 3.05) is 13.2 Å². The van der Waals surface area contributed by atoms with E-state index in [4.69, 9.17) is 9.47 Å². The van der Waals surface area contributed by atoms with Crippen molar-refractivity contribution >= 4 is 11.9 Å². The maximum atomic E-state index is 12.4. The van der Waals surface area contributed by atoms with Crippen molar-refractivity contribution in [2.24, 2.45) is 0 Å². The van der Waals surface area contributed by atoms with Crippen LogP contribution in [0.1, 0.15) is 431 Å². The molecule has 0 amide bonds. The fourth-order valence-corrected chi connectivity index (χ4v) is 11.7. The first-order valence-electron chi connectivity index (χ1n) is 36.1. The number of carbonyl (C=O) groups excluding carboxylic acids is 2. The summed E-state index contributed by atoms with van der Waals surface area (Å²) in [4.78, 5) is 24.6. The van der Waals surface area contributed by atoms with Gasteiger partial charge in [-0.3, -0.25) is 9.59 Å². The van der Waals surface area contributed by atoms with Crippen LogP contribution in [0, 0.1) is 0 Å². The summed E-state index contributed by atoms with van der Waals surface area (Å²) >= 11 is 0. The van der Waals surface area contributed by atoms with Crippen LogP contribution in [-0.4, -0.2) is 36.4 Å². The molecule has 0 radical (unpaired) electrons. The van der Waals surface area contributed by atoms with Gasteiger partial charge in [-0.05, 0) is 12.8 Å². The Kier molecular flexibility index (Phi) is 68.2. The molecule has 0 aromatic rings. The predicted molar refractivity (Wildman–Crippen MR) is 339 cm³/mol. The first-order chi connectivity index (χ1) is 38.1. The van der Waals surface area contributed by atoms with E-state index >= 15 is 0 Å². The molecule has 1 N–H and O–H groups in total. The molecule has 77 heavy (non-hydrogen) atoms. The van der Waals surface area contributed by atoms with Gasteiger partial charge in [-0.15, -0.1) is 0 Å². The Morgan fingerprint density at radius 2 is 0.403 bits per heavy atom. The third kappa shape index (κ3) is 67.3. The van der Waals surface area contributed by atoms with Gasteiger partial charge >= 0.3 is 11.9 Å². The second-order valence-electron chi connectivity index (χ2n) is 25.0. The van der Waals surface area contributed by atoms with Crippen LogP contribution >= 0.6 is 0 Å². The molecule has 0 heterocycles. The first-order valence-corrected chi connectivity index (χ1v) is 36.1. The molecule has 0 aliphatic rings. The highest BCUT2D eigenvalue weighted by Gasteiger charge is 2.16. The first kappa shape index (κ1) is 75.9. The Labute approximate surface area is 484 Å². The number of aliphatic hydroxyl groups is 1. The van der Waals surface area contributed by atoms with E-state index in [2.05, 4.69) is 13.8 Å². The molecule has 0 aliphatic carbocycles. The monoisotopic (exact) mass is 1090 g/mol. The van der Waals surface area contributed by atoms with Gasteiger partial charge in [0.05, 0.1) is 6.61 Å². The topological polar surface area (TPSA) is 72.8 Å². The van der Waals surface area contributed by atoms with E-state index in [1.807, 2.05) is 0 Å². The molecule has 1 unspecified atom stereocenters. The van der Waals surface area contributed by atoms with Gasteiger partial charge in [-0.25, -0.2) is 0 Å². The molecule has 0 bridgehead atoms. The van der Waals surface area contributed by atoms with Gasteiger partial charge < -0.3 is 14.6 Å². The lowest BCUT2D eigenvalue weighted by Gasteiger charge is -2.15. The smallest absolute Gasteiger partial charge is 0.306 e. The third-order valence-electron chi connectivity index (χ3n) is 17.2. The van der Waals surface area contributed by atoms with Gasteiger partial charge in [0.1, 0.15) is 6.61 Å². The van der Waals surface area contributed by atoms with Crippen LogP contribution in [0.15, 0.2) is 0 Å². The maximum absolute atomic E-state index is 12.4. The number of unbranched alkanes of at least 4 members (excludes halogenated alkanes) is 61. The Morgan fingerprint density at radius 1 is 0.247 bits per heavy atom. The summed E-state index contributed by atoms with van der Waals surface area (Å²) in [6.45, 7) is 4.22. The average molecular weight is 1090 g/mol. The van der Waals surface area contributed by atoms with E-state index in [0.717, 1.165) is 32.1 Å². The third-order valence-corrected chi connectivity index (χ3v) is 17.2. The molecule has 0 saturated carbocycles. The normalized spacial score (nSPS) is 12.0. The van der Waals surface area contributed by atoms with E-state index in [0.29, 0.717) is 12.8 Å². The van der Waals surface area contributed by atoms with Crippen LogP contribution in [0.3, 0.4) is 0 Å². The summed E-state index contributed by atoms with van der Waals surface area (Å²) < 4.78 is 10.8. The van der Waals surface area contributed by atoms with Gasteiger partial charge in [0, 0.05) is 12.8 Å². The molecular formula is C72H142O5. The van der Waals surface area contributed by atoms with Crippen molar-refractivity contribution in [1.29, 1.82) is 0 Å². The molecule has 460 valence electrons. The van der Waals surface area contributed by atoms with Gasteiger partial charge in [-0.2, -0.15) is 0 Å². The van der Waals surface area contributed by atoms with E-state index in [1.165, 1.54) is 372 Å². The summed E-state index contributed by atoms with van der Waals surface area (Å²) in [5, 5.41) is 9.69. The Bertz CT molecular complexity index is 1090. The molecule has 0 spiro atoms. The number of hydrogen-bond donors (Lipinski definition) is 1. The van der Waals surface area contributed by atoms with Gasteiger partial charge in [-0.1, -0.05) is 406 Å². The van der Waals surface area contributed by atoms with E-state index < -0.39 is 6.10 Å². The number of hydrogen-bond acceptors (Lipinski definition) is 5. The van der Waals surface area contributed by atoms with Crippen molar-refractivity contribution < 1.29 is 24.2 Å². The fraction of sp³-hybridized carbons (Fsp3) is 0.972. The van der Waals surface area contributed by atoms with Gasteiger partial charge in [0.25, 0.3) is 0 Å². The average Bonchev–Trinajstić information content (AvgIpc) is 3.43. The standard InChI is InChI=1S/C72H142O5/c1-3-5-7-9-11-13-15-17-19-21-23-25-27-28-29-30-31-32-33-34-35-36-37-38-39-40-41-42-43-44-45-47-49-51-53-55-57-59-61-63-65-67-72(75)77-70(68-73)69-76-71(74)66-64-62-60-58-56-54-52-50-48-46-26-24-22-20-18-16-14-12-10-8-6-4-2/h70,73H,3-69H2,1-2H3. The van der Waals surface area contributed by atoms with Crippen molar-refractivity contribution in [3.8, 4) is 0 Å². The van der Waals surface area contributed by atoms with E-state index in [1.54, 1.807) is 0 Å². The number of rotatable bonds is 69. The summed E-state index contributed by atoms with van der Waals surface area (Å²) in [6.07, 6.45) is 87.4. The highest BCUT2D eigenvalue weighted by atomic mass is 16.6. The van der Waals surface area contributed by atoms with Crippen LogP contribution in [0.25, 0.3) is 0 Å². The molecule has 1 atom stereocenters. The highest BCUT2D eigenvalue weighted by molar-refractivity contribution is 5.70. The fourth-order valence-electron chi connectivity index (χ4n) is 11.7. The highest BCUT2D eigenvalue weighted by Crippen LogP contribution is 2.20. The molecule has 5 heteroatoms. The molecular weight excluding hydrogens is 945 g/mol. The van der Waals surface area contributed by atoms with Crippen molar-refractivity contribution in [2.45, 2.75) is 437 Å². The Balaban J connectivity index is 3.32. The molecule has 5 nitrogen and oxygen atoms in total. The predicted octanol–water partition coefficient (Wildman–Crippen LogP) is 24.8. The van der Waals surface area contributed by atoms with Crippen LogP contribution in [0.2, 0.25) is 0 Å². The van der Waals surface area contributed by atoms with Crippen molar-refractivity contribution in [3.05, 3.63) is 0 Å². The summed E-state index contributed by atoms with van der Waals surface area (Å²) in [5.41, 5.74) is 0. The zero-order valence-electron chi connectivity index (χ0n) is 53.0. The minimum Gasteiger partial charge on any atom is -0.462 e. The second kappa shape index (κ2) is 69.2. The van der Waals surface area contributed by atoms with Crippen LogP contribution in [0.4, 0.5) is 0 Å². The molecule has 0 rings (SSSR count). The van der Waals surface area contributed by atoms with Crippen LogP contribution in [0.5, 0.6) is 0 Å². The molecule has 0 saturated heterocycles. The van der Waals surface area contributed by atoms with Gasteiger partial charge in [0.2, 0.25) is 0 Å². The minimum atomic E-state index is -0.765. The SMILES string of the molecule is CCCCCCCCCCCCCCCCCCCCCCCCCCCCCCCCCCCCCCCCCCCC(=O)OC(CO)COC(=O)CCCCCCCCCCCCCCCCCCCCCCCC. The Hall–Kier alpha value is -1.10. The second-order valence-corrected chi connectivity index (χ2v) is 25.0. The zero-order chi connectivity index (χ0) is 55.5. The molecule has 0 aromatic carbocycles. The van der Waals surface area contributed by atoms with Crippen LogP contribution in [-0.2, 0) is 19.1 Å². The number of esters is 2. The van der Waals surface area contributed by atoms with Crippen molar-refractivity contribution in [3.63, 3.8) is 0 Å². The summed E-state index contributed by atoms with van der Waals surface area (Å²) in [7, 11) is 0. The minimum absolute atomic E-state index is 0.0554. The quantitative estimate of drug-likeness (QED) is 0.0485. The largest absolute Gasteiger partial charge is 0.462 e. The molecule has 0 fully saturated rings. The maximum Gasteiger partial charge on any atom is 0.306 e. The van der Waals surface area contributed by atoms with E-state index in [9.17, 15) is 14.7 Å². The van der Waals surface area contributed by atoms with Crippen LogP contribution < -0.4 is 0 Å². The van der Waals surface area contributed by atoms with Crippen molar-refractivity contribution in [1.82, 2.24) is 0 Å². The molecule has 0 aliphatic heterocycles. The number of ether oxygens (including phenoxy) is 2.